The second kappa shape index (κ2) is 9.20. The van der Waals surface area contributed by atoms with Crippen LogP contribution in [-0.4, -0.2) is 30.3 Å². The van der Waals surface area contributed by atoms with Gasteiger partial charge in [-0.2, -0.15) is 0 Å². The number of anilines is 1. The van der Waals surface area contributed by atoms with Crippen molar-refractivity contribution in [2.45, 2.75) is 20.4 Å². The van der Waals surface area contributed by atoms with Crippen molar-refractivity contribution >= 4 is 29.9 Å². The summed E-state index contributed by atoms with van der Waals surface area (Å²) in [6.45, 7) is 4.37. The van der Waals surface area contributed by atoms with E-state index in [1.807, 2.05) is 44.2 Å². The summed E-state index contributed by atoms with van der Waals surface area (Å²) in [5.41, 5.74) is 9.95. The Morgan fingerprint density at radius 2 is 1.72 bits per heavy atom. The molecule has 2 aromatic carbocycles. The number of halogens is 1. The van der Waals surface area contributed by atoms with Crippen LogP contribution in [0.3, 0.4) is 0 Å². The van der Waals surface area contributed by atoms with Crippen LogP contribution in [0.5, 0.6) is 0 Å². The Bertz CT molecular complexity index is 745. The van der Waals surface area contributed by atoms with Crippen molar-refractivity contribution in [1.82, 2.24) is 4.90 Å². The van der Waals surface area contributed by atoms with E-state index in [0.717, 1.165) is 22.4 Å². The molecule has 2 aromatic rings. The van der Waals surface area contributed by atoms with E-state index in [1.165, 1.54) is 4.90 Å². The van der Waals surface area contributed by atoms with Crippen LogP contribution in [-0.2, 0) is 11.3 Å². The number of nitrogens with one attached hydrogen (secondary N) is 1. The molecule has 0 unspecified atom stereocenters. The fraction of sp³-hybridized carbons (Fsp3) is 0.263. The van der Waals surface area contributed by atoms with Crippen molar-refractivity contribution in [3.05, 3.63) is 64.7 Å². The summed E-state index contributed by atoms with van der Waals surface area (Å²) in [4.78, 5) is 26.0. The Morgan fingerprint density at radius 3 is 2.32 bits per heavy atom. The lowest BCUT2D eigenvalue weighted by atomic mass is 10.1. The molecule has 0 aromatic heterocycles. The zero-order chi connectivity index (χ0) is 17.7. The molecule has 3 N–H and O–H groups in total. The molecule has 5 nitrogen and oxygen atoms in total. The van der Waals surface area contributed by atoms with E-state index in [-0.39, 0.29) is 30.8 Å². The van der Waals surface area contributed by atoms with Gasteiger partial charge in [0, 0.05) is 24.8 Å². The first-order valence-corrected chi connectivity index (χ1v) is 7.83. The minimum absolute atomic E-state index is 0. The number of rotatable bonds is 5. The Morgan fingerprint density at radius 1 is 1.08 bits per heavy atom. The van der Waals surface area contributed by atoms with E-state index < -0.39 is 0 Å². The van der Waals surface area contributed by atoms with Crippen molar-refractivity contribution in [1.29, 1.82) is 0 Å². The zero-order valence-electron chi connectivity index (χ0n) is 14.7. The molecule has 0 saturated heterocycles. The summed E-state index contributed by atoms with van der Waals surface area (Å²) >= 11 is 0. The van der Waals surface area contributed by atoms with Gasteiger partial charge in [0.15, 0.2) is 0 Å². The first-order valence-electron chi connectivity index (χ1n) is 7.83. The molecule has 25 heavy (non-hydrogen) atoms. The smallest absolute Gasteiger partial charge is 0.254 e. The van der Waals surface area contributed by atoms with Gasteiger partial charge in [0.25, 0.3) is 5.91 Å². The molecule has 0 fully saturated rings. The van der Waals surface area contributed by atoms with Crippen LogP contribution in [0.25, 0.3) is 0 Å². The van der Waals surface area contributed by atoms with Crippen molar-refractivity contribution in [2.75, 3.05) is 18.9 Å². The van der Waals surface area contributed by atoms with E-state index in [9.17, 15) is 9.59 Å². The molecule has 0 aliphatic heterocycles. The predicted octanol–water partition coefficient (Wildman–Crippen LogP) is 2.89. The third kappa shape index (κ3) is 5.31. The van der Waals surface area contributed by atoms with Gasteiger partial charge in [0.05, 0.1) is 6.54 Å². The number of nitrogens with two attached hydrogens (primary N) is 1. The summed E-state index contributed by atoms with van der Waals surface area (Å²) in [6, 6.07) is 12.8. The molecule has 134 valence electrons. The average Bonchev–Trinajstić information content (AvgIpc) is 2.58. The number of nitrogens with zero attached hydrogens (tertiary/aromatic N) is 1. The van der Waals surface area contributed by atoms with Gasteiger partial charge in [0.2, 0.25) is 5.91 Å². The maximum absolute atomic E-state index is 12.4. The first kappa shape index (κ1) is 20.7. The van der Waals surface area contributed by atoms with Crippen molar-refractivity contribution < 1.29 is 9.59 Å². The van der Waals surface area contributed by atoms with Gasteiger partial charge in [0.1, 0.15) is 0 Å². The van der Waals surface area contributed by atoms with Crippen LogP contribution in [0, 0.1) is 13.8 Å². The summed E-state index contributed by atoms with van der Waals surface area (Å²) in [7, 11) is 1.61. The fourth-order valence-corrected chi connectivity index (χ4v) is 2.37. The number of likely N-dealkylation sites (N-methyl/N-ethyl adjacent to an activating group) is 1. The van der Waals surface area contributed by atoms with Crippen molar-refractivity contribution in [3.63, 3.8) is 0 Å². The number of hydrogen-bond donors (Lipinski definition) is 2. The largest absolute Gasteiger partial charge is 0.332 e. The van der Waals surface area contributed by atoms with Crippen LogP contribution in [0.4, 0.5) is 5.69 Å². The van der Waals surface area contributed by atoms with Crippen LogP contribution in [0.1, 0.15) is 27.0 Å². The number of amides is 2. The van der Waals surface area contributed by atoms with Gasteiger partial charge in [-0.15, -0.1) is 12.4 Å². The molecule has 0 aliphatic rings. The topological polar surface area (TPSA) is 75.4 Å². The third-order valence-corrected chi connectivity index (χ3v) is 4.04. The lowest BCUT2D eigenvalue weighted by Crippen LogP contribution is -2.35. The van der Waals surface area contributed by atoms with Gasteiger partial charge in [-0.3, -0.25) is 9.59 Å². The second-order valence-corrected chi connectivity index (χ2v) is 5.86. The van der Waals surface area contributed by atoms with Gasteiger partial charge in [-0.25, -0.2) is 0 Å². The fourth-order valence-electron chi connectivity index (χ4n) is 2.37. The molecular weight excluding hydrogens is 338 g/mol. The highest BCUT2D eigenvalue weighted by molar-refractivity contribution is 5.99. The minimum atomic E-state index is -0.224. The lowest BCUT2D eigenvalue weighted by molar-refractivity contribution is -0.116. The Labute approximate surface area is 154 Å². The number of carbonyl (C=O) groups is 2. The monoisotopic (exact) mass is 361 g/mol. The highest BCUT2D eigenvalue weighted by Crippen LogP contribution is 2.17. The number of benzene rings is 2. The molecule has 0 spiro atoms. The number of aryl methyl sites for hydroxylation is 1. The highest BCUT2D eigenvalue weighted by atomic mass is 35.5. The van der Waals surface area contributed by atoms with Gasteiger partial charge in [-0.1, -0.05) is 24.3 Å². The van der Waals surface area contributed by atoms with Crippen LogP contribution in [0.15, 0.2) is 42.5 Å². The quantitative estimate of drug-likeness (QED) is 0.859. The summed E-state index contributed by atoms with van der Waals surface area (Å²) < 4.78 is 0. The summed E-state index contributed by atoms with van der Waals surface area (Å²) in [6.07, 6.45) is 0. The van der Waals surface area contributed by atoms with Gasteiger partial charge >= 0.3 is 0 Å². The summed E-state index contributed by atoms with van der Waals surface area (Å²) in [5, 5.41) is 2.86. The first-order chi connectivity index (χ1) is 11.4. The van der Waals surface area contributed by atoms with Crippen LogP contribution < -0.4 is 11.1 Å². The minimum Gasteiger partial charge on any atom is -0.332 e. The predicted molar refractivity (Wildman–Crippen MR) is 103 cm³/mol. The molecule has 6 heteroatoms. The molecule has 0 heterocycles. The Kier molecular flexibility index (Phi) is 7.61. The van der Waals surface area contributed by atoms with Crippen molar-refractivity contribution in [2.24, 2.45) is 5.73 Å². The molecule has 0 bridgehead atoms. The Balaban J connectivity index is 0.00000312. The normalized spacial score (nSPS) is 9.92. The molecule has 0 aliphatic carbocycles. The molecule has 0 saturated carbocycles. The molecule has 0 atom stereocenters. The van der Waals surface area contributed by atoms with Crippen LogP contribution >= 0.6 is 12.4 Å². The highest BCUT2D eigenvalue weighted by Gasteiger charge is 2.15. The van der Waals surface area contributed by atoms with E-state index in [4.69, 9.17) is 5.73 Å². The molecule has 2 amide bonds. The maximum atomic E-state index is 12.4. The zero-order valence-corrected chi connectivity index (χ0v) is 15.5. The van der Waals surface area contributed by atoms with E-state index in [1.54, 1.807) is 19.2 Å². The third-order valence-electron chi connectivity index (χ3n) is 4.04. The number of hydrogen-bond acceptors (Lipinski definition) is 3. The Hall–Kier alpha value is -2.37. The maximum Gasteiger partial charge on any atom is 0.254 e. The van der Waals surface area contributed by atoms with E-state index >= 15 is 0 Å². The van der Waals surface area contributed by atoms with E-state index in [2.05, 4.69) is 5.32 Å². The van der Waals surface area contributed by atoms with Gasteiger partial charge in [-0.05, 0) is 48.7 Å². The number of carbonyl (C=O) groups excluding carboxylic acids is 2. The standard InChI is InChI=1S/C19H23N3O2.ClH/c1-13-5-4-6-17(14(13)2)21-18(23)12-22(3)19(24)16-9-7-15(11-20)8-10-16;/h4-10H,11-12,20H2,1-3H3,(H,21,23);1H. The molecular formula is C19H24ClN3O2. The second-order valence-electron chi connectivity index (χ2n) is 5.86. The molecule has 0 radical (unpaired) electrons. The summed E-state index contributed by atoms with van der Waals surface area (Å²) in [5.74, 6) is -0.423. The average molecular weight is 362 g/mol. The molecule has 2 rings (SSSR count). The lowest BCUT2D eigenvalue weighted by Gasteiger charge is -2.18. The van der Waals surface area contributed by atoms with Crippen LogP contribution in [0.2, 0.25) is 0 Å². The SMILES string of the molecule is Cc1cccc(NC(=O)CN(C)C(=O)c2ccc(CN)cc2)c1C.Cl. The van der Waals surface area contributed by atoms with E-state index in [0.29, 0.717) is 12.1 Å². The van der Waals surface area contributed by atoms with Crippen molar-refractivity contribution in [3.8, 4) is 0 Å². The van der Waals surface area contributed by atoms with Gasteiger partial charge < -0.3 is 16.0 Å².